The van der Waals surface area contributed by atoms with Gasteiger partial charge in [0.1, 0.15) is 24.4 Å². The van der Waals surface area contributed by atoms with Crippen molar-refractivity contribution in [2.45, 2.75) is 88.6 Å². The van der Waals surface area contributed by atoms with Gasteiger partial charge in [0.2, 0.25) is 0 Å². The van der Waals surface area contributed by atoms with Crippen LogP contribution in [0.25, 0.3) is 0 Å². The quantitative estimate of drug-likeness (QED) is 0.103. The van der Waals surface area contributed by atoms with E-state index in [9.17, 15) is 15.0 Å². The second-order valence-corrected chi connectivity index (χ2v) is 11.7. The SMILES string of the molecule is [2H]C(OC[C@H]1OC(O)(CCCCCC(=O)O)[C@@H](OC([2H])c2ccccc2)[C@@H](OC([2H])c2ccccc2)[C@@H]1OC([2H])c1ccccc1)c1ccccc1. The average Bonchev–Trinajstić information content (AvgIpc) is 3.17. The van der Waals surface area contributed by atoms with Crippen molar-refractivity contribution in [1.29, 1.82) is 0 Å². The maximum Gasteiger partial charge on any atom is 0.303 e. The van der Waals surface area contributed by atoms with Gasteiger partial charge in [-0.1, -0.05) is 128 Å². The molecule has 0 bridgehead atoms. The summed E-state index contributed by atoms with van der Waals surface area (Å²) in [4.78, 5) is 11.2. The molecule has 1 fully saturated rings. The Morgan fingerprint density at radius 1 is 0.646 bits per heavy atom. The molecular formula is C40H46O8. The molecule has 0 saturated carbocycles. The van der Waals surface area contributed by atoms with Crippen LogP contribution in [-0.4, -0.2) is 53.0 Å². The Balaban J connectivity index is 1.54. The standard InChI is InChI=1S/C40H46O8/c41-36(42)24-14-5-15-25-40(43)39(47-29-34-22-12-4-13-23-34)38(46-28-33-20-10-3-11-21-33)37(45-27-32-18-8-2-9-19-32)35(48-40)30-44-26-31-16-6-1-7-17-31/h1-4,6-13,16-23,35,37-39,43H,5,14-15,24-30H2,(H,41,42)/t35-,37-,38+,39+,40?/m1/s1/i26D,27D,28D,29D/t26?,27?,28?,29?,35-,37-,38+,39+,40?. The van der Waals surface area contributed by atoms with E-state index in [1.54, 1.807) is 97.1 Å². The van der Waals surface area contributed by atoms with Crippen molar-refractivity contribution in [2.24, 2.45) is 0 Å². The molecule has 0 spiro atoms. The summed E-state index contributed by atoms with van der Waals surface area (Å²) in [5.74, 6) is -3.06. The molecule has 4 aromatic carbocycles. The molecule has 0 aliphatic carbocycles. The van der Waals surface area contributed by atoms with Crippen LogP contribution >= 0.6 is 0 Å². The molecule has 0 radical (unpaired) electrons. The van der Waals surface area contributed by atoms with Gasteiger partial charge < -0.3 is 33.9 Å². The molecule has 4 aromatic rings. The number of carbonyl (C=O) groups is 1. The molecule has 2 N–H and O–H groups in total. The summed E-state index contributed by atoms with van der Waals surface area (Å²) in [7, 11) is 0. The second-order valence-electron chi connectivity index (χ2n) is 11.7. The molecule has 1 aliphatic heterocycles. The van der Waals surface area contributed by atoms with Gasteiger partial charge in [0, 0.05) is 12.8 Å². The average molecular weight is 659 g/mol. The second kappa shape index (κ2) is 18.6. The molecular weight excluding hydrogens is 608 g/mol. The van der Waals surface area contributed by atoms with Gasteiger partial charge >= 0.3 is 5.97 Å². The summed E-state index contributed by atoms with van der Waals surface area (Å²) in [5, 5.41) is 21.7. The molecule has 254 valence electrons. The van der Waals surface area contributed by atoms with E-state index in [0.717, 1.165) is 0 Å². The summed E-state index contributed by atoms with van der Waals surface area (Å²) in [6, 6.07) is 35.4. The summed E-state index contributed by atoms with van der Waals surface area (Å²) < 4.78 is 67.5. The summed E-state index contributed by atoms with van der Waals surface area (Å²) >= 11 is 0. The molecule has 1 heterocycles. The Hall–Kier alpha value is -3.89. The first-order chi connectivity index (χ1) is 25.1. The highest BCUT2D eigenvalue weighted by Crippen LogP contribution is 2.38. The van der Waals surface area contributed by atoms with Gasteiger partial charge in [-0.25, -0.2) is 0 Å². The van der Waals surface area contributed by atoms with Crippen molar-refractivity contribution < 1.29 is 44.2 Å². The number of rotatable bonds is 19. The van der Waals surface area contributed by atoms with Crippen LogP contribution in [0.4, 0.5) is 0 Å². The molecule has 48 heavy (non-hydrogen) atoms. The van der Waals surface area contributed by atoms with E-state index in [0.29, 0.717) is 41.5 Å². The number of aliphatic hydroxyl groups is 1. The first-order valence-corrected chi connectivity index (χ1v) is 16.2. The molecule has 0 amide bonds. The van der Waals surface area contributed by atoms with Gasteiger partial charge in [-0.05, 0) is 35.1 Å². The van der Waals surface area contributed by atoms with Gasteiger partial charge in [-0.2, -0.15) is 0 Å². The van der Waals surface area contributed by atoms with Crippen molar-refractivity contribution in [1.82, 2.24) is 0 Å². The van der Waals surface area contributed by atoms with Gasteiger partial charge in [0.25, 0.3) is 0 Å². The zero-order valence-corrected chi connectivity index (χ0v) is 26.8. The smallest absolute Gasteiger partial charge is 0.303 e. The van der Waals surface area contributed by atoms with E-state index in [-0.39, 0.29) is 19.4 Å². The van der Waals surface area contributed by atoms with E-state index in [4.69, 9.17) is 29.2 Å². The predicted octanol–water partition coefficient (Wildman–Crippen LogP) is 7.08. The highest BCUT2D eigenvalue weighted by molar-refractivity contribution is 5.66. The maximum atomic E-state index is 12.5. The molecule has 1 aliphatic rings. The van der Waals surface area contributed by atoms with Gasteiger partial charge in [-0.3, -0.25) is 4.79 Å². The zero-order valence-electron chi connectivity index (χ0n) is 30.8. The summed E-state index contributed by atoms with van der Waals surface area (Å²) in [6.45, 7) is -5.25. The fourth-order valence-electron chi connectivity index (χ4n) is 5.53. The van der Waals surface area contributed by atoms with Crippen LogP contribution < -0.4 is 0 Å². The Morgan fingerprint density at radius 3 is 1.60 bits per heavy atom. The van der Waals surface area contributed by atoms with Gasteiger partial charge in [0.15, 0.2) is 5.79 Å². The van der Waals surface area contributed by atoms with E-state index in [1.165, 1.54) is 0 Å². The Bertz CT molecular complexity index is 1620. The first-order valence-electron chi connectivity index (χ1n) is 18.5. The number of carboxylic acids is 1. The third kappa shape index (κ3) is 10.8. The lowest BCUT2D eigenvalue weighted by Gasteiger charge is -2.50. The predicted molar refractivity (Wildman–Crippen MR) is 182 cm³/mol. The molecule has 9 atom stereocenters. The van der Waals surface area contributed by atoms with Crippen molar-refractivity contribution in [3.8, 4) is 0 Å². The fourth-order valence-corrected chi connectivity index (χ4v) is 5.53. The number of ether oxygens (including phenoxy) is 5. The van der Waals surface area contributed by atoms with Crippen molar-refractivity contribution in [3.05, 3.63) is 144 Å². The Labute approximate surface area is 288 Å². The number of unbranched alkanes of at least 4 members (excludes halogenated alkanes) is 2. The minimum atomic E-state index is -2.14. The zero-order chi connectivity index (χ0) is 36.9. The molecule has 5 unspecified atom stereocenters. The van der Waals surface area contributed by atoms with Crippen LogP contribution in [0.5, 0.6) is 0 Å². The molecule has 1 saturated heterocycles. The molecule has 0 aromatic heterocycles. The summed E-state index contributed by atoms with van der Waals surface area (Å²) in [6.07, 6.45) is -3.94. The number of hydrogen-bond acceptors (Lipinski definition) is 7. The normalized spacial score (nSPS) is 26.2. The number of aliphatic carboxylic acids is 1. The van der Waals surface area contributed by atoms with Crippen LogP contribution in [0.3, 0.4) is 0 Å². The van der Waals surface area contributed by atoms with Crippen LogP contribution in [0, 0.1) is 0 Å². The largest absolute Gasteiger partial charge is 0.481 e. The van der Waals surface area contributed by atoms with E-state index >= 15 is 0 Å². The monoisotopic (exact) mass is 658 g/mol. The maximum absolute atomic E-state index is 12.5. The number of hydrogen-bond donors (Lipinski definition) is 2. The third-order valence-corrected chi connectivity index (χ3v) is 7.97. The van der Waals surface area contributed by atoms with Crippen molar-refractivity contribution in [2.75, 3.05) is 6.61 Å². The first kappa shape index (κ1) is 30.2. The molecule has 8 heteroatoms. The Morgan fingerprint density at radius 2 is 1.10 bits per heavy atom. The van der Waals surface area contributed by atoms with Gasteiger partial charge in [-0.15, -0.1) is 0 Å². The Kier molecular flexibility index (Phi) is 11.7. The minimum Gasteiger partial charge on any atom is -0.481 e. The topological polar surface area (TPSA) is 104 Å². The lowest BCUT2D eigenvalue weighted by molar-refractivity contribution is -0.372. The highest BCUT2D eigenvalue weighted by Gasteiger charge is 2.56. The molecule has 5 rings (SSSR count). The number of benzene rings is 4. The van der Waals surface area contributed by atoms with E-state index in [2.05, 4.69) is 0 Å². The molecule has 8 nitrogen and oxygen atoms in total. The lowest BCUT2D eigenvalue weighted by atomic mass is 9.88. The van der Waals surface area contributed by atoms with Crippen molar-refractivity contribution >= 4 is 5.97 Å². The third-order valence-electron chi connectivity index (χ3n) is 7.97. The van der Waals surface area contributed by atoms with Crippen LogP contribution in [0.15, 0.2) is 121 Å². The number of carboxylic acid groups (broad SMARTS) is 1. The van der Waals surface area contributed by atoms with Crippen LogP contribution in [0.1, 0.15) is 59.8 Å². The fraction of sp³-hybridized carbons (Fsp3) is 0.375. The van der Waals surface area contributed by atoms with E-state index < -0.39 is 62.5 Å². The highest BCUT2D eigenvalue weighted by atomic mass is 16.7. The lowest BCUT2D eigenvalue weighted by Crippen LogP contribution is -2.67. The van der Waals surface area contributed by atoms with E-state index in [1.807, 2.05) is 24.3 Å². The van der Waals surface area contributed by atoms with Crippen molar-refractivity contribution in [3.63, 3.8) is 0 Å². The summed E-state index contributed by atoms with van der Waals surface area (Å²) in [5.41, 5.74) is 2.15. The van der Waals surface area contributed by atoms with Crippen LogP contribution in [0.2, 0.25) is 0 Å². The minimum absolute atomic E-state index is 0.0352. The van der Waals surface area contributed by atoms with Gasteiger partial charge in [0.05, 0.1) is 38.4 Å². The van der Waals surface area contributed by atoms with Crippen LogP contribution in [-0.2, 0) is 54.8 Å².